The van der Waals surface area contributed by atoms with Crippen LogP contribution in [-0.2, 0) is 6.18 Å². The first kappa shape index (κ1) is 17.5. The van der Waals surface area contributed by atoms with Crippen molar-refractivity contribution >= 4 is 29.1 Å². The highest BCUT2D eigenvalue weighted by molar-refractivity contribution is 6.30. The lowest BCUT2D eigenvalue weighted by Gasteiger charge is -2.18. The van der Waals surface area contributed by atoms with Crippen molar-refractivity contribution in [3.63, 3.8) is 0 Å². The highest BCUT2D eigenvalue weighted by Crippen LogP contribution is 2.32. The van der Waals surface area contributed by atoms with Crippen molar-refractivity contribution in [1.82, 2.24) is 14.9 Å². The molecule has 1 aromatic heterocycles. The standard InChI is InChI=1S/C16H14ClF3N4O/c17-10-4-3-5-11(8-10)22-15-21-9-12(13(23-15)16(18,19)20)14(25)24-6-1-2-7-24/h3-5,8-9H,1-2,6-7H2,(H,21,22,23). The number of likely N-dealkylation sites (tertiary alicyclic amines) is 1. The minimum Gasteiger partial charge on any atom is -0.339 e. The van der Waals surface area contributed by atoms with E-state index in [0.717, 1.165) is 19.0 Å². The minimum absolute atomic E-state index is 0.257. The Bertz CT molecular complexity index is 791. The maximum atomic E-state index is 13.4. The zero-order valence-electron chi connectivity index (χ0n) is 13.0. The van der Waals surface area contributed by atoms with E-state index in [1.165, 1.54) is 11.0 Å². The maximum Gasteiger partial charge on any atom is 0.434 e. The summed E-state index contributed by atoms with van der Waals surface area (Å²) in [6.07, 6.45) is -2.29. The fourth-order valence-corrected chi connectivity index (χ4v) is 2.79. The third-order valence-corrected chi connectivity index (χ3v) is 4.00. The topological polar surface area (TPSA) is 58.1 Å². The summed E-state index contributed by atoms with van der Waals surface area (Å²) in [6, 6.07) is 6.42. The molecule has 0 aliphatic carbocycles. The van der Waals surface area contributed by atoms with Crippen molar-refractivity contribution in [2.75, 3.05) is 18.4 Å². The second-order valence-electron chi connectivity index (χ2n) is 5.59. The molecule has 2 heterocycles. The molecule has 0 unspecified atom stereocenters. The Balaban J connectivity index is 1.93. The monoisotopic (exact) mass is 370 g/mol. The van der Waals surface area contributed by atoms with Gasteiger partial charge in [0.15, 0.2) is 5.69 Å². The number of amides is 1. The lowest BCUT2D eigenvalue weighted by atomic mass is 10.2. The Hall–Kier alpha value is -2.35. The minimum atomic E-state index is -4.77. The van der Waals surface area contributed by atoms with Crippen LogP contribution in [0.1, 0.15) is 28.9 Å². The molecular formula is C16H14ClF3N4O. The van der Waals surface area contributed by atoms with Gasteiger partial charge in [-0.2, -0.15) is 13.2 Å². The van der Waals surface area contributed by atoms with Gasteiger partial charge in [0.05, 0.1) is 5.56 Å². The van der Waals surface area contributed by atoms with Crippen LogP contribution < -0.4 is 5.32 Å². The number of nitrogens with zero attached hydrogens (tertiary/aromatic N) is 3. The summed E-state index contributed by atoms with van der Waals surface area (Å²) < 4.78 is 40.1. The molecule has 1 amide bonds. The molecule has 1 aromatic carbocycles. The van der Waals surface area contributed by atoms with Crippen molar-refractivity contribution < 1.29 is 18.0 Å². The quantitative estimate of drug-likeness (QED) is 0.882. The van der Waals surface area contributed by atoms with Crippen LogP contribution in [-0.4, -0.2) is 33.9 Å². The van der Waals surface area contributed by atoms with Gasteiger partial charge in [-0.1, -0.05) is 17.7 Å². The van der Waals surface area contributed by atoms with Gasteiger partial charge >= 0.3 is 6.18 Å². The number of hydrogen-bond donors (Lipinski definition) is 1. The molecule has 25 heavy (non-hydrogen) atoms. The molecule has 1 saturated heterocycles. The number of rotatable bonds is 3. The van der Waals surface area contributed by atoms with E-state index in [9.17, 15) is 18.0 Å². The average molecular weight is 371 g/mol. The molecule has 0 spiro atoms. The Kier molecular flexibility index (Phi) is 4.80. The second kappa shape index (κ2) is 6.87. The summed E-state index contributed by atoms with van der Waals surface area (Å²) in [5.74, 6) is -0.952. The van der Waals surface area contributed by atoms with E-state index in [2.05, 4.69) is 15.3 Å². The molecule has 0 saturated carbocycles. The molecule has 1 fully saturated rings. The first-order valence-corrected chi connectivity index (χ1v) is 7.98. The Morgan fingerprint density at radius 1 is 1.24 bits per heavy atom. The number of nitrogens with one attached hydrogen (secondary N) is 1. The summed E-state index contributed by atoms with van der Waals surface area (Å²) >= 11 is 5.84. The molecule has 1 N–H and O–H groups in total. The number of alkyl halides is 3. The number of carbonyl (C=O) groups is 1. The summed E-state index contributed by atoms with van der Waals surface area (Å²) in [4.78, 5) is 21.1. The SMILES string of the molecule is O=C(c1cnc(Nc2cccc(Cl)c2)nc1C(F)(F)F)N1CCCC1. The zero-order valence-corrected chi connectivity index (χ0v) is 13.7. The van der Waals surface area contributed by atoms with Gasteiger partial charge in [0.25, 0.3) is 5.91 Å². The van der Waals surface area contributed by atoms with E-state index in [0.29, 0.717) is 23.8 Å². The fourth-order valence-electron chi connectivity index (χ4n) is 2.60. The van der Waals surface area contributed by atoms with Crippen LogP contribution in [0.4, 0.5) is 24.8 Å². The van der Waals surface area contributed by atoms with E-state index in [1.54, 1.807) is 18.2 Å². The maximum absolute atomic E-state index is 13.4. The van der Waals surface area contributed by atoms with E-state index in [-0.39, 0.29) is 5.95 Å². The lowest BCUT2D eigenvalue weighted by Crippen LogP contribution is -2.30. The molecule has 2 aromatic rings. The van der Waals surface area contributed by atoms with Gasteiger partial charge in [-0.3, -0.25) is 4.79 Å². The lowest BCUT2D eigenvalue weighted by molar-refractivity contribution is -0.141. The predicted molar refractivity (Wildman–Crippen MR) is 86.9 cm³/mol. The highest BCUT2D eigenvalue weighted by atomic mass is 35.5. The molecule has 0 atom stereocenters. The zero-order chi connectivity index (χ0) is 18.0. The number of benzene rings is 1. The largest absolute Gasteiger partial charge is 0.434 e. The van der Waals surface area contributed by atoms with Crippen molar-refractivity contribution in [3.05, 3.63) is 46.7 Å². The average Bonchev–Trinajstić information content (AvgIpc) is 3.08. The van der Waals surface area contributed by atoms with Gasteiger partial charge in [0, 0.05) is 30.0 Å². The number of aromatic nitrogens is 2. The summed E-state index contributed by atoms with van der Waals surface area (Å²) in [5.41, 5.74) is -1.34. The van der Waals surface area contributed by atoms with Crippen LogP contribution in [0.5, 0.6) is 0 Å². The molecule has 1 aliphatic rings. The molecule has 0 bridgehead atoms. The fraction of sp³-hybridized carbons (Fsp3) is 0.312. The molecule has 132 valence electrons. The van der Waals surface area contributed by atoms with Crippen molar-refractivity contribution in [1.29, 1.82) is 0 Å². The predicted octanol–water partition coefficient (Wildman–Crippen LogP) is 4.13. The third-order valence-electron chi connectivity index (χ3n) is 3.76. The highest BCUT2D eigenvalue weighted by Gasteiger charge is 2.39. The first-order valence-electron chi connectivity index (χ1n) is 7.61. The van der Waals surface area contributed by atoms with E-state index in [4.69, 9.17) is 11.6 Å². The third kappa shape index (κ3) is 4.01. The van der Waals surface area contributed by atoms with E-state index >= 15 is 0 Å². The van der Waals surface area contributed by atoms with Crippen molar-refractivity contribution in [2.24, 2.45) is 0 Å². The summed E-state index contributed by atoms with van der Waals surface area (Å²) in [5, 5.41) is 3.08. The van der Waals surface area contributed by atoms with Crippen LogP contribution in [0, 0.1) is 0 Å². The van der Waals surface area contributed by atoms with Crippen LogP contribution in [0.15, 0.2) is 30.5 Å². The van der Waals surface area contributed by atoms with Gasteiger partial charge in [-0.25, -0.2) is 9.97 Å². The molecular weight excluding hydrogens is 357 g/mol. The van der Waals surface area contributed by atoms with Crippen LogP contribution in [0.3, 0.4) is 0 Å². The Morgan fingerprint density at radius 3 is 2.60 bits per heavy atom. The number of hydrogen-bond acceptors (Lipinski definition) is 4. The van der Waals surface area contributed by atoms with Crippen molar-refractivity contribution in [2.45, 2.75) is 19.0 Å². The summed E-state index contributed by atoms with van der Waals surface area (Å²) in [7, 11) is 0. The number of halogens is 4. The van der Waals surface area contributed by atoms with Crippen molar-refractivity contribution in [3.8, 4) is 0 Å². The van der Waals surface area contributed by atoms with Gasteiger partial charge < -0.3 is 10.2 Å². The van der Waals surface area contributed by atoms with Gasteiger partial charge in [-0.15, -0.1) is 0 Å². The van der Waals surface area contributed by atoms with Gasteiger partial charge in [0.1, 0.15) is 0 Å². The van der Waals surface area contributed by atoms with E-state index in [1.807, 2.05) is 0 Å². The van der Waals surface area contributed by atoms with Gasteiger partial charge in [-0.05, 0) is 31.0 Å². The van der Waals surface area contributed by atoms with Gasteiger partial charge in [0.2, 0.25) is 5.95 Å². The normalized spacial score (nSPS) is 14.6. The Labute approximate surface area is 146 Å². The second-order valence-corrected chi connectivity index (χ2v) is 6.02. The van der Waals surface area contributed by atoms with E-state index < -0.39 is 23.3 Å². The van der Waals surface area contributed by atoms with Crippen LogP contribution in [0.25, 0.3) is 0 Å². The molecule has 0 radical (unpaired) electrons. The smallest absolute Gasteiger partial charge is 0.339 e. The number of anilines is 2. The molecule has 3 rings (SSSR count). The number of carbonyl (C=O) groups excluding carboxylic acids is 1. The van der Waals surface area contributed by atoms with Crippen LogP contribution >= 0.6 is 11.6 Å². The van der Waals surface area contributed by atoms with Crippen LogP contribution in [0.2, 0.25) is 5.02 Å². The summed E-state index contributed by atoms with van der Waals surface area (Å²) in [6.45, 7) is 0.886. The molecule has 5 nitrogen and oxygen atoms in total. The molecule has 9 heteroatoms. The molecule has 1 aliphatic heterocycles. The Morgan fingerprint density at radius 2 is 1.96 bits per heavy atom. The first-order chi connectivity index (χ1) is 11.8.